The Morgan fingerprint density at radius 1 is 1.36 bits per heavy atom. The Balaban J connectivity index is 1.42. The van der Waals surface area contributed by atoms with Crippen molar-refractivity contribution in [1.82, 2.24) is 15.3 Å². The number of anilines is 1. The molecule has 1 amide bonds. The van der Waals surface area contributed by atoms with Crippen molar-refractivity contribution >= 4 is 23.5 Å². The van der Waals surface area contributed by atoms with Gasteiger partial charge in [-0.25, -0.2) is 4.98 Å². The molecule has 2 aliphatic carbocycles. The van der Waals surface area contributed by atoms with Crippen LogP contribution in [0.25, 0.3) is 0 Å². The summed E-state index contributed by atoms with van der Waals surface area (Å²) in [5.74, 6) is 2.23. The fraction of sp³-hybridized carbons (Fsp3) is 0.700. The fourth-order valence-corrected chi connectivity index (χ4v) is 5.37. The van der Waals surface area contributed by atoms with Gasteiger partial charge in [0.05, 0.1) is 19.2 Å². The lowest BCUT2D eigenvalue weighted by molar-refractivity contribution is -0.130. The Morgan fingerprint density at radius 2 is 2.14 bits per heavy atom. The van der Waals surface area contributed by atoms with E-state index in [1.807, 2.05) is 13.0 Å². The third-order valence-corrected chi connectivity index (χ3v) is 7.07. The van der Waals surface area contributed by atoms with E-state index < -0.39 is 0 Å². The van der Waals surface area contributed by atoms with E-state index >= 15 is 0 Å². The lowest BCUT2D eigenvalue weighted by Gasteiger charge is -2.45. The fourth-order valence-electron chi connectivity index (χ4n) is 4.84. The van der Waals surface area contributed by atoms with Crippen LogP contribution < -0.4 is 15.4 Å². The molecule has 3 aliphatic rings. The summed E-state index contributed by atoms with van der Waals surface area (Å²) < 4.78 is 5.13. The Morgan fingerprint density at radius 3 is 2.82 bits per heavy atom. The number of nitrogens with one attached hydrogen (secondary N) is 2. The van der Waals surface area contributed by atoms with Crippen LogP contribution in [0.1, 0.15) is 44.6 Å². The molecule has 1 saturated heterocycles. The zero-order valence-corrected chi connectivity index (χ0v) is 16.9. The molecule has 2 saturated carbocycles. The van der Waals surface area contributed by atoms with Gasteiger partial charge < -0.3 is 15.4 Å². The molecule has 2 N–H and O–H groups in total. The van der Waals surface area contributed by atoms with Gasteiger partial charge >= 0.3 is 0 Å². The van der Waals surface area contributed by atoms with Crippen molar-refractivity contribution in [2.45, 2.75) is 56.5 Å². The van der Waals surface area contributed by atoms with Gasteiger partial charge in [-0.05, 0) is 56.8 Å². The highest BCUT2D eigenvalue weighted by atomic mass is 35.5. The number of ether oxygens (including phenoxy) is 1. The minimum Gasteiger partial charge on any atom is -0.480 e. The molecule has 1 aliphatic heterocycles. The maximum Gasteiger partial charge on any atom is 0.236 e. The van der Waals surface area contributed by atoms with E-state index in [-0.39, 0.29) is 40.7 Å². The predicted octanol–water partition coefficient (Wildman–Crippen LogP) is 2.71. The van der Waals surface area contributed by atoms with Crippen LogP contribution in [0.15, 0.2) is 6.20 Å². The second-order valence-electron chi connectivity index (χ2n) is 8.37. The summed E-state index contributed by atoms with van der Waals surface area (Å²) in [6.07, 6.45) is 6.80. The quantitative estimate of drug-likeness (QED) is 0.733. The van der Waals surface area contributed by atoms with Gasteiger partial charge in [-0.3, -0.25) is 4.79 Å². The average molecular weight is 404 g/mol. The molecule has 2 heterocycles. The topological polar surface area (TPSA) is 99.9 Å². The number of hydrogen-bond donors (Lipinski definition) is 2. The summed E-state index contributed by atoms with van der Waals surface area (Å²) in [6, 6.07) is 2.10. The number of methoxy groups -OCH3 is 1. The summed E-state index contributed by atoms with van der Waals surface area (Å²) in [5.41, 5.74) is 0.277. The first-order valence-corrected chi connectivity index (χ1v) is 10.5. The van der Waals surface area contributed by atoms with Crippen molar-refractivity contribution < 1.29 is 9.53 Å². The number of aromatic nitrogens is 2. The van der Waals surface area contributed by atoms with Gasteiger partial charge in [-0.15, -0.1) is 11.6 Å². The first-order valence-electron chi connectivity index (χ1n) is 10.0. The van der Waals surface area contributed by atoms with E-state index in [9.17, 15) is 4.79 Å². The molecule has 6 atom stereocenters. The molecule has 28 heavy (non-hydrogen) atoms. The van der Waals surface area contributed by atoms with Gasteiger partial charge in [0.15, 0.2) is 0 Å². The van der Waals surface area contributed by atoms with Gasteiger partial charge in [0, 0.05) is 17.5 Å². The van der Waals surface area contributed by atoms with E-state index in [0.717, 1.165) is 25.2 Å². The minimum absolute atomic E-state index is 0.0874. The molecule has 3 fully saturated rings. The molecular formula is C20H26ClN5O2. The number of carbonyl (C=O) groups excluding carboxylic acids is 1. The number of rotatable bonds is 5. The Labute approximate surface area is 170 Å². The monoisotopic (exact) mass is 403 g/mol. The summed E-state index contributed by atoms with van der Waals surface area (Å²) in [7, 11) is 1.46. The largest absolute Gasteiger partial charge is 0.480 e. The lowest BCUT2D eigenvalue weighted by atomic mass is 9.69. The summed E-state index contributed by atoms with van der Waals surface area (Å²) in [6.45, 7) is 1.96. The Kier molecular flexibility index (Phi) is 5.33. The highest BCUT2D eigenvalue weighted by Gasteiger charge is 2.47. The predicted molar refractivity (Wildman–Crippen MR) is 105 cm³/mol. The van der Waals surface area contributed by atoms with Crippen LogP contribution in [0.2, 0.25) is 0 Å². The molecule has 1 aromatic heterocycles. The van der Waals surface area contributed by atoms with Crippen molar-refractivity contribution in [2.75, 3.05) is 12.4 Å². The van der Waals surface area contributed by atoms with Gasteiger partial charge in [0.2, 0.25) is 17.7 Å². The third kappa shape index (κ3) is 3.75. The maximum absolute atomic E-state index is 12.8. The first-order chi connectivity index (χ1) is 13.5. The maximum atomic E-state index is 12.8. The van der Waals surface area contributed by atoms with Gasteiger partial charge in [-0.1, -0.05) is 0 Å². The molecule has 1 aromatic rings. The van der Waals surface area contributed by atoms with Crippen molar-refractivity contribution in [3.63, 3.8) is 0 Å². The second-order valence-corrected chi connectivity index (χ2v) is 8.93. The number of nitriles is 1. The zero-order valence-electron chi connectivity index (χ0n) is 16.2. The number of fused-ring (bicyclic) bond motifs is 1. The van der Waals surface area contributed by atoms with Gasteiger partial charge in [0.25, 0.3) is 0 Å². The molecular weight excluding hydrogens is 378 g/mol. The SMILES string of the molecule is COc1nc(N[C@@H](C)C2CC3CC(Cl)C(C4CC4)CC3NC2=O)ncc1C#N. The van der Waals surface area contributed by atoms with Gasteiger partial charge in [0.1, 0.15) is 11.6 Å². The number of halogens is 1. The van der Waals surface area contributed by atoms with Crippen molar-refractivity contribution in [2.24, 2.45) is 23.7 Å². The Hall–Kier alpha value is -2.07. The van der Waals surface area contributed by atoms with E-state index in [1.54, 1.807) is 0 Å². The van der Waals surface area contributed by atoms with Crippen LogP contribution in [0.4, 0.5) is 5.95 Å². The van der Waals surface area contributed by atoms with E-state index in [2.05, 4.69) is 20.6 Å². The summed E-state index contributed by atoms with van der Waals surface area (Å²) >= 11 is 6.70. The molecule has 4 rings (SSSR count). The molecule has 0 spiro atoms. The molecule has 0 aromatic carbocycles. The summed E-state index contributed by atoms with van der Waals surface area (Å²) in [5, 5.41) is 15.7. The minimum atomic E-state index is -0.173. The molecule has 0 bridgehead atoms. The smallest absolute Gasteiger partial charge is 0.236 e. The Bertz CT molecular complexity index is 793. The molecule has 5 unspecified atom stereocenters. The second kappa shape index (κ2) is 7.75. The molecule has 7 nitrogen and oxygen atoms in total. The normalized spacial score (nSPS) is 33.2. The molecule has 150 valence electrons. The number of amides is 1. The number of piperidine rings is 1. The van der Waals surface area contributed by atoms with Crippen LogP contribution in [0, 0.1) is 35.0 Å². The number of alkyl halides is 1. The number of carbonyl (C=O) groups is 1. The van der Waals surface area contributed by atoms with Crippen LogP contribution in [-0.2, 0) is 4.79 Å². The number of nitrogens with zero attached hydrogens (tertiary/aromatic N) is 3. The third-order valence-electron chi connectivity index (χ3n) is 6.56. The van der Waals surface area contributed by atoms with Crippen molar-refractivity contribution in [1.29, 1.82) is 5.26 Å². The number of hydrogen-bond acceptors (Lipinski definition) is 6. The van der Waals surface area contributed by atoms with Crippen LogP contribution in [0.3, 0.4) is 0 Å². The van der Waals surface area contributed by atoms with Gasteiger partial charge in [-0.2, -0.15) is 10.2 Å². The average Bonchev–Trinajstić information content (AvgIpc) is 3.52. The van der Waals surface area contributed by atoms with E-state index in [0.29, 0.717) is 17.8 Å². The molecule has 0 radical (unpaired) electrons. The van der Waals surface area contributed by atoms with E-state index in [1.165, 1.54) is 26.1 Å². The van der Waals surface area contributed by atoms with Crippen LogP contribution in [-0.4, -0.2) is 40.4 Å². The van der Waals surface area contributed by atoms with Crippen molar-refractivity contribution in [3.05, 3.63) is 11.8 Å². The highest BCUT2D eigenvalue weighted by molar-refractivity contribution is 6.20. The summed E-state index contributed by atoms with van der Waals surface area (Å²) in [4.78, 5) is 21.2. The van der Waals surface area contributed by atoms with Crippen LogP contribution in [0.5, 0.6) is 5.88 Å². The van der Waals surface area contributed by atoms with Crippen molar-refractivity contribution in [3.8, 4) is 11.9 Å². The van der Waals surface area contributed by atoms with E-state index in [4.69, 9.17) is 21.6 Å². The standard InChI is InChI=1S/C20H26ClN5O2/c1-10(24-20-23-9-13(8-22)19(26-20)28-2)14-5-12-6-16(21)15(11-3-4-11)7-17(12)25-18(14)27/h9-12,14-17H,3-7H2,1-2H3,(H,25,27)(H,23,24,26)/t10-,12?,14?,15?,16?,17?/m0/s1. The highest BCUT2D eigenvalue weighted by Crippen LogP contribution is 2.49. The molecule has 8 heteroatoms. The zero-order chi connectivity index (χ0) is 19.8. The van der Waals surface area contributed by atoms with Crippen LogP contribution >= 0.6 is 11.6 Å². The first kappa shape index (κ1) is 19.3. The lowest BCUT2D eigenvalue weighted by Crippen LogP contribution is -2.56.